The Balaban J connectivity index is 1.44. The lowest BCUT2D eigenvalue weighted by Crippen LogP contribution is -2.10. The first-order valence-electron chi connectivity index (χ1n) is 8.72. The molecule has 0 radical (unpaired) electrons. The molecule has 1 aliphatic rings. The zero-order valence-corrected chi connectivity index (χ0v) is 15.1. The van der Waals surface area contributed by atoms with E-state index >= 15 is 0 Å². The number of aromatic nitrogens is 4. The molecule has 4 heterocycles. The number of pyridine rings is 1. The molecular formula is C19H16FN5OS. The second-order valence-corrected chi connectivity index (χ2v) is 7.30. The zero-order valence-electron chi connectivity index (χ0n) is 14.3. The van der Waals surface area contributed by atoms with Gasteiger partial charge in [0.2, 0.25) is 10.1 Å². The summed E-state index contributed by atoms with van der Waals surface area (Å²) in [6.45, 7) is 0.516. The maximum Gasteiger partial charge on any atom is 0.214 e. The maximum atomic E-state index is 14.1. The van der Waals surface area contributed by atoms with Crippen LogP contribution >= 0.6 is 11.3 Å². The average Bonchev–Trinajstić information content (AvgIpc) is 3.17. The van der Waals surface area contributed by atoms with Gasteiger partial charge in [-0.2, -0.15) is 0 Å². The highest BCUT2D eigenvalue weighted by Crippen LogP contribution is 2.36. The molecule has 27 heavy (non-hydrogen) atoms. The molecule has 0 amide bonds. The van der Waals surface area contributed by atoms with Crippen LogP contribution in [0.2, 0.25) is 0 Å². The number of halogens is 1. The Morgan fingerprint density at radius 2 is 2.22 bits per heavy atom. The van der Waals surface area contributed by atoms with E-state index in [-0.39, 0.29) is 11.9 Å². The van der Waals surface area contributed by atoms with Gasteiger partial charge in [0.25, 0.3) is 0 Å². The summed E-state index contributed by atoms with van der Waals surface area (Å²) in [7, 11) is 0. The fourth-order valence-electron chi connectivity index (χ4n) is 3.28. The molecule has 4 aromatic rings. The standard InChI is InChI=1S/C19H16FN5OS/c20-14-6-1-5-13-15(7-3-9-26-17(13)14)22-18-24-25-11-16(23-19(25)27-18)12-4-2-8-21-10-12/h1-2,4-6,8,10-11,15H,3,7,9H2,(H,22,24). The van der Waals surface area contributed by atoms with Crippen LogP contribution in [-0.2, 0) is 0 Å². The normalized spacial score (nSPS) is 16.6. The molecule has 1 atom stereocenters. The molecule has 1 aromatic carbocycles. The second-order valence-electron chi connectivity index (χ2n) is 6.35. The van der Waals surface area contributed by atoms with E-state index in [2.05, 4.69) is 20.4 Å². The molecule has 1 aliphatic heterocycles. The predicted octanol–water partition coefficient (Wildman–Crippen LogP) is 4.32. The highest BCUT2D eigenvalue weighted by Gasteiger charge is 2.23. The Morgan fingerprint density at radius 3 is 3.07 bits per heavy atom. The third kappa shape index (κ3) is 3.02. The highest BCUT2D eigenvalue weighted by atomic mass is 32.1. The van der Waals surface area contributed by atoms with Crippen LogP contribution in [0.25, 0.3) is 16.2 Å². The number of para-hydroxylation sites is 1. The van der Waals surface area contributed by atoms with Crippen molar-refractivity contribution in [3.63, 3.8) is 0 Å². The van der Waals surface area contributed by atoms with Crippen molar-refractivity contribution in [3.05, 3.63) is 60.3 Å². The fourth-order valence-corrected chi connectivity index (χ4v) is 4.11. The van der Waals surface area contributed by atoms with Gasteiger partial charge in [-0.05, 0) is 31.0 Å². The van der Waals surface area contributed by atoms with E-state index in [0.717, 1.165) is 39.8 Å². The Hall–Kier alpha value is -3.00. The smallest absolute Gasteiger partial charge is 0.214 e. The number of ether oxygens (including phenoxy) is 1. The first-order valence-corrected chi connectivity index (χ1v) is 9.54. The number of imidazole rings is 1. The Kier molecular flexibility index (Phi) is 3.97. The van der Waals surface area contributed by atoms with E-state index in [0.29, 0.717) is 12.4 Å². The van der Waals surface area contributed by atoms with Crippen molar-refractivity contribution >= 4 is 21.4 Å². The minimum Gasteiger partial charge on any atom is -0.490 e. The maximum absolute atomic E-state index is 14.1. The van der Waals surface area contributed by atoms with Crippen molar-refractivity contribution in [2.45, 2.75) is 18.9 Å². The number of nitrogens with one attached hydrogen (secondary N) is 1. The van der Waals surface area contributed by atoms with Gasteiger partial charge in [0, 0.05) is 23.5 Å². The molecule has 0 saturated carbocycles. The summed E-state index contributed by atoms with van der Waals surface area (Å²) in [6.07, 6.45) is 7.10. The Bertz CT molecular complexity index is 1060. The second kappa shape index (κ2) is 6.62. The number of nitrogens with zero attached hydrogens (tertiary/aromatic N) is 4. The van der Waals surface area contributed by atoms with E-state index in [9.17, 15) is 4.39 Å². The molecular weight excluding hydrogens is 365 g/mol. The van der Waals surface area contributed by atoms with Gasteiger partial charge in [0.1, 0.15) is 0 Å². The first-order chi connectivity index (χ1) is 13.3. The molecule has 1 unspecified atom stereocenters. The quantitative estimate of drug-likeness (QED) is 0.573. The summed E-state index contributed by atoms with van der Waals surface area (Å²) in [5.74, 6) is 0.0175. The predicted molar refractivity (Wildman–Crippen MR) is 102 cm³/mol. The van der Waals surface area contributed by atoms with E-state index in [1.807, 2.05) is 24.4 Å². The van der Waals surface area contributed by atoms with Gasteiger partial charge in [0.15, 0.2) is 11.6 Å². The molecule has 0 spiro atoms. The van der Waals surface area contributed by atoms with Crippen molar-refractivity contribution < 1.29 is 9.13 Å². The van der Waals surface area contributed by atoms with Crippen LogP contribution in [0.3, 0.4) is 0 Å². The van der Waals surface area contributed by atoms with Crippen molar-refractivity contribution in [2.24, 2.45) is 0 Å². The summed E-state index contributed by atoms with van der Waals surface area (Å²) in [6, 6.07) is 8.85. The molecule has 1 N–H and O–H groups in total. The summed E-state index contributed by atoms with van der Waals surface area (Å²) in [5.41, 5.74) is 2.62. The molecule has 3 aromatic heterocycles. The zero-order chi connectivity index (χ0) is 18.2. The van der Waals surface area contributed by atoms with Crippen molar-refractivity contribution in [2.75, 3.05) is 11.9 Å². The summed E-state index contributed by atoms with van der Waals surface area (Å²) in [4.78, 5) is 9.55. The average molecular weight is 381 g/mol. The molecule has 0 fully saturated rings. The number of benzene rings is 1. The van der Waals surface area contributed by atoms with Crippen LogP contribution in [0.4, 0.5) is 9.52 Å². The van der Waals surface area contributed by atoms with E-state index in [1.165, 1.54) is 17.4 Å². The summed E-state index contributed by atoms with van der Waals surface area (Å²) < 4.78 is 21.5. The molecule has 0 saturated heterocycles. The minimum atomic E-state index is -0.323. The molecule has 0 aliphatic carbocycles. The Labute approximate surface area is 158 Å². The lowest BCUT2D eigenvalue weighted by Gasteiger charge is -2.17. The Morgan fingerprint density at radius 1 is 1.26 bits per heavy atom. The van der Waals surface area contributed by atoms with Crippen molar-refractivity contribution in [1.29, 1.82) is 0 Å². The van der Waals surface area contributed by atoms with Gasteiger partial charge in [-0.3, -0.25) is 4.98 Å². The lowest BCUT2D eigenvalue weighted by molar-refractivity contribution is 0.301. The van der Waals surface area contributed by atoms with Crippen molar-refractivity contribution in [3.8, 4) is 17.0 Å². The fraction of sp³-hybridized carbons (Fsp3) is 0.211. The van der Waals surface area contributed by atoms with E-state index in [1.54, 1.807) is 23.0 Å². The minimum absolute atomic E-state index is 0.0492. The topological polar surface area (TPSA) is 64.3 Å². The van der Waals surface area contributed by atoms with Crippen molar-refractivity contribution in [1.82, 2.24) is 19.6 Å². The number of anilines is 1. The molecule has 136 valence electrons. The van der Waals surface area contributed by atoms with Crippen LogP contribution in [0.5, 0.6) is 5.75 Å². The van der Waals surface area contributed by atoms with Gasteiger partial charge < -0.3 is 10.1 Å². The van der Waals surface area contributed by atoms with Gasteiger partial charge in [-0.15, -0.1) is 5.10 Å². The first kappa shape index (κ1) is 16.2. The van der Waals surface area contributed by atoms with Crippen LogP contribution in [0.15, 0.2) is 48.9 Å². The number of hydrogen-bond acceptors (Lipinski definition) is 6. The molecule has 6 nitrogen and oxygen atoms in total. The van der Waals surface area contributed by atoms with E-state index in [4.69, 9.17) is 4.74 Å². The number of rotatable bonds is 3. The third-order valence-corrected chi connectivity index (χ3v) is 5.41. The largest absolute Gasteiger partial charge is 0.490 e. The van der Waals surface area contributed by atoms with Crippen LogP contribution < -0.4 is 10.1 Å². The lowest BCUT2D eigenvalue weighted by atomic mass is 10.0. The van der Waals surface area contributed by atoms with Gasteiger partial charge >= 0.3 is 0 Å². The SMILES string of the molecule is Fc1cccc2c1OCCCC2Nc1nn2cc(-c3cccnc3)nc2s1. The van der Waals surface area contributed by atoms with Gasteiger partial charge in [-0.1, -0.05) is 23.5 Å². The van der Waals surface area contributed by atoms with Gasteiger partial charge in [0.05, 0.1) is 24.5 Å². The van der Waals surface area contributed by atoms with Crippen LogP contribution in [0, 0.1) is 5.82 Å². The number of hydrogen-bond donors (Lipinski definition) is 1. The highest BCUT2D eigenvalue weighted by molar-refractivity contribution is 7.20. The molecule has 8 heteroatoms. The summed E-state index contributed by atoms with van der Waals surface area (Å²) >= 11 is 1.47. The monoisotopic (exact) mass is 381 g/mol. The van der Waals surface area contributed by atoms with Crippen LogP contribution in [0.1, 0.15) is 24.4 Å². The number of fused-ring (bicyclic) bond motifs is 2. The van der Waals surface area contributed by atoms with Gasteiger partial charge in [-0.25, -0.2) is 13.9 Å². The van der Waals surface area contributed by atoms with Crippen LogP contribution in [-0.4, -0.2) is 26.2 Å². The third-order valence-electron chi connectivity index (χ3n) is 4.55. The summed E-state index contributed by atoms with van der Waals surface area (Å²) in [5, 5.41) is 8.76. The molecule has 5 rings (SSSR count). The van der Waals surface area contributed by atoms with E-state index < -0.39 is 0 Å². The molecule has 0 bridgehead atoms.